The average Bonchev–Trinajstić information content (AvgIpc) is 2.13. The summed E-state index contributed by atoms with van der Waals surface area (Å²) in [6.45, 7) is 1.91. The van der Waals surface area contributed by atoms with Crippen molar-refractivity contribution in [2.75, 3.05) is 19.4 Å². The number of rotatable bonds is 1. The van der Waals surface area contributed by atoms with Crippen LogP contribution in [0.4, 0.5) is 10.5 Å². The van der Waals surface area contributed by atoms with E-state index < -0.39 is 0 Å². The summed E-state index contributed by atoms with van der Waals surface area (Å²) in [5, 5.41) is 3.34. The Bertz CT molecular complexity index is 393. The SMILES string of the molecule is Cc1cc(Br)c(Cl)cc1NC(=O)N(C)C. The predicted molar refractivity (Wildman–Crippen MR) is 66.6 cm³/mol. The van der Waals surface area contributed by atoms with Crippen molar-refractivity contribution >= 4 is 39.2 Å². The summed E-state index contributed by atoms with van der Waals surface area (Å²) in [4.78, 5) is 12.9. The van der Waals surface area contributed by atoms with Gasteiger partial charge in [0.1, 0.15) is 0 Å². The fraction of sp³-hybridized carbons (Fsp3) is 0.300. The number of urea groups is 1. The lowest BCUT2D eigenvalue weighted by molar-refractivity contribution is 0.230. The van der Waals surface area contributed by atoms with Gasteiger partial charge in [-0.05, 0) is 40.5 Å². The third kappa shape index (κ3) is 3.11. The molecule has 1 aromatic rings. The maximum Gasteiger partial charge on any atom is 0.321 e. The minimum absolute atomic E-state index is 0.170. The van der Waals surface area contributed by atoms with Crippen LogP contribution in [0, 0.1) is 6.92 Å². The Hall–Kier alpha value is -0.740. The molecule has 0 heterocycles. The molecule has 5 heteroatoms. The molecule has 1 rings (SSSR count). The Kier molecular flexibility index (Phi) is 3.99. The first-order valence-electron chi connectivity index (χ1n) is 4.35. The van der Waals surface area contributed by atoms with Gasteiger partial charge in [0.05, 0.1) is 5.02 Å². The van der Waals surface area contributed by atoms with Crippen LogP contribution in [0.2, 0.25) is 5.02 Å². The van der Waals surface area contributed by atoms with Gasteiger partial charge in [0, 0.05) is 24.3 Å². The second kappa shape index (κ2) is 4.86. The zero-order valence-electron chi connectivity index (χ0n) is 8.77. The van der Waals surface area contributed by atoms with E-state index in [1.54, 1.807) is 20.2 Å². The van der Waals surface area contributed by atoms with Gasteiger partial charge in [-0.3, -0.25) is 0 Å². The van der Waals surface area contributed by atoms with E-state index in [1.165, 1.54) is 4.90 Å². The number of nitrogens with zero attached hydrogens (tertiary/aromatic N) is 1. The summed E-state index contributed by atoms with van der Waals surface area (Å²) in [6.07, 6.45) is 0. The highest BCUT2D eigenvalue weighted by atomic mass is 79.9. The molecule has 0 atom stereocenters. The minimum Gasteiger partial charge on any atom is -0.331 e. The van der Waals surface area contributed by atoms with Crippen molar-refractivity contribution in [2.45, 2.75) is 6.92 Å². The second-order valence-electron chi connectivity index (χ2n) is 3.41. The highest BCUT2D eigenvalue weighted by Crippen LogP contribution is 2.28. The Labute approximate surface area is 103 Å². The smallest absolute Gasteiger partial charge is 0.321 e. The molecule has 0 aliphatic rings. The lowest BCUT2D eigenvalue weighted by Gasteiger charge is -2.14. The molecule has 0 saturated carbocycles. The van der Waals surface area contributed by atoms with E-state index in [4.69, 9.17) is 11.6 Å². The number of amides is 2. The van der Waals surface area contributed by atoms with Crippen LogP contribution >= 0.6 is 27.5 Å². The minimum atomic E-state index is -0.170. The first-order chi connectivity index (χ1) is 6.91. The third-order valence-electron chi connectivity index (χ3n) is 1.92. The van der Waals surface area contributed by atoms with Crippen molar-refractivity contribution in [1.29, 1.82) is 0 Å². The molecule has 1 N–H and O–H groups in total. The number of hydrogen-bond acceptors (Lipinski definition) is 1. The van der Waals surface area contributed by atoms with Crippen LogP contribution in [-0.4, -0.2) is 25.0 Å². The largest absolute Gasteiger partial charge is 0.331 e. The molecule has 15 heavy (non-hydrogen) atoms. The molecule has 0 radical (unpaired) electrons. The molecule has 1 aromatic carbocycles. The summed E-state index contributed by atoms with van der Waals surface area (Å²) in [7, 11) is 3.37. The van der Waals surface area contributed by atoms with Gasteiger partial charge in [0.25, 0.3) is 0 Å². The van der Waals surface area contributed by atoms with Gasteiger partial charge in [-0.1, -0.05) is 11.6 Å². The Morgan fingerprint density at radius 3 is 2.60 bits per heavy atom. The van der Waals surface area contributed by atoms with Gasteiger partial charge in [-0.2, -0.15) is 0 Å². The standard InChI is InChI=1S/C10H12BrClN2O/c1-6-4-7(11)8(12)5-9(6)13-10(15)14(2)3/h4-5H,1-3H3,(H,13,15). The summed E-state index contributed by atoms with van der Waals surface area (Å²) in [5.41, 5.74) is 1.68. The molecule has 0 unspecified atom stereocenters. The number of carbonyl (C=O) groups excluding carboxylic acids is 1. The third-order valence-corrected chi connectivity index (χ3v) is 3.11. The Morgan fingerprint density at radius 1 is 1.47 bits per heavy atom. The Morgan fingerprint density at radius 2 is 2.07 bits per heavy atom. The summed E-state index contributed by atoms with van der Waals surface area (Å²) < 4.78 is 0.824. The van der Waals surface area contributed by atoms with Crippen molar-refractivity contribution < 1.29 is 4.79 Å². The highest BCUT2D eigenvalue weighted by molar-refractivity contribution is 9.10. The van der Waals surface area contributed by atoms with Crippen LogP contribution in [0.5, 0.6) is 0 Å². The van der Waals surface area contributed by atoms with Gasteiger partial charge in [0.15, 0.2) is 0 Å². The molecule has 3 nitrogen and oxygen atoms in total. The van der Waals surface area contributed by atoms with Crippen LogP contribution in [0.15, 0.2) is 16.6 Å². The lowest BCUT2D eigenvalue weighted by atomic mass is 10.2. The molecule has 2 amide bonds. The number of hydrogen-bond donors (Lipinski definition) is 1. The fourth-order valence-corrected chi connectivity index (χ4v) is 1.63. The van der Waals surface area contributed by atoms with E-state index in [0.29, 0.717) is 5.02 Å². The first kappa shape index (κ1) is 12.3. The van der Waals surface area contributed by atoms with E-state index in [1.807, 2.05) is 13.0 Å². The molecule has 0 aliphatic carbocycles. The van der Waals surface area contributed by atoms with Gasteiger partial charge in [0.2, 0.25) is 0 Å². The molecule has 0 bridgehead atoms. The number of nitrogens with one attached hydrogen (secondary N) is 1. The van der Waals surface area contributed by atoms with Crippen molar-refractivity contribution in [3.63, 3.8) is 0 Å². The fourth-order valence-electron chi connectivity index (χ4n) is 1.01. The molecular formula is C10H12BrClN2O. The number of aryl methyl sites for hydroxylation is 1. The zero-order valence-corrected chi connectivity index (χ0v) is 11.1. The summed E-state index contributed by atoms with van der Waals surface area (Å²) >= 11 is 9.26. The van der Waals surface area contributed by atoms with Gasteiger partial charge in [-0.15, -0.1) is 0 Å². The van der Waals surface area contributed by atoms with Crippen molar-refractivity contribution in [3.05, 3.63) is 27.2 Å². The predicted octanol–water partition coefficient (Wildman–Crippen LogP) is 3.50. The Balaban J connectivity index is 2.96. The lowest BCUT2D eigenvalue weighted by Crippen LogP contribution is -2.27. The van der Waals surface area contributed by atoms with E-state index in [0.717, 1.165) is 15.7 Å². The van der Waals surface area contributed by atoms with Crippen LogP contribution in [0.3, 0.4) is 0 Å². The van der Waals surface area contributed by atoms with Gasteiger partial charge < -0.3 is 10.2 Å². The molecular weight excluding hydrogens is 279 g/mol. The molecule has 0 fully saturated rings. The average molecular weight is 292 g/mol. The van der Waals surface area contributed by atoms with Gasteiger partial charge in [-0.25, -0.2) is 4.79 Å². The van der Waals surface area contributed by atoms with E-state index >= 15 is 0 Å². The quantitative estimate of drug-likeness (QED) is 0.844. The van der Waals surface area contributed by atoms with Crippen LogP contribution < -0.4 is 5.32 Å². The molecule has 0 aliphatic heterocycles. The molecule has 82 valence electrons. The number of halogens is 2. The maximum atomic E-state index is 11.4. The van der Waals surface area contributed by atoms with Gasteiger partial charge >= 0.3 is 6.03 Å². The van der Waals surface area contributed by atoms with E-state index in [-0.39, 0.29) is 6.03 Å². The number of benzene rings is 1. The first-order valence-corrected chi connectivity index (χ1v) is 5.53. The van der Waals surface area contributed by atoms with E-state index in [2.05, 4.69) is 21.2 Å². The highest BCUT2D eigenvalue weighted by Gasteiger charge is 2.08. The zero-order chi connectivity index (χ0) is 11.6. The normalized spacial score (nSPS) is 9.93. The summed E-state index contributed by atoms with van der Waals surface area (Å²) in [5.74, 6) is 0. The van der Waals surface area contributed by atoms with E-state index in [9.17, 15) is 4.79 Å². The van der Waals surface area contributed by atoms with Crippen LogP contribution in [0.25, 0.3) is 0 Å². The van der Waals surface area contributed by atoms with Crippen molar-refractivity contribution in [3.8, 4) is 0 Å². The number of anilines is 1. The molecule has 0 aromatic heterocycles. The van der Waals surface area contributed by atoms with Crippen LogP contribution in [0.1, 0.15) is 5.56 Å². The molecule has 0 spiro atoms. The van der Waals surface area contributed by atoms with Crippen LogP contribution in [-0.2, 0) is 0 Å². The van der Waals surface area contributed by atoms with Crippen molar-refractivity contribution in [1.82, 2.24) is 4.90 Å². The summed E-state index contributed by atoms with van der Waals surface area (Å²) in [6, 6.07) is 3.42. The number of carbonyl (C=O) groups is 1. The molecule has 0 saturated heterocycles. The maximum absolute atomic E-state index is 11.4. The topological polar surface area (TPSA) is 32.3 Å². The monoisotopic (exact) mass is 290 g/mol. The van der Waals surface area contributed by atoms with Crippen molar-refractivity contribution in [2.24, 2.45) is 0 Å². The second-order valence-corrected chi connectivity index (χ2v) is 4.67.